The summed E-state index contributed by atoms with van der Waals surface area (Å²) < 4.78 is 5.29. The van der Waals surface area contributed by atoms with Gasteiger partial charge in [0.05, 0.1) is 5.88 Å². The van der Waals surface area contributed by atoms with Crippen molar-refractivity contribution in [3.8, 4) is 0 Å². The van der Waals surface area contributed by atoms with Crippen LogP contribution in [0.2, 0.25) is 0 Å². The largest absolute Gasteiger partial charge is 0.455 e. The van der Waals surface area contributed by atoms with Crippen molar-refractivity contribution in [1.29, 1.82) is 0 Å². The van der Waals surface area contributed by atoms with Gasteiger partial charge in [-0.15, -0.1) is 11.6 Å². The summed E-state index contributed by atoms with van der Waals surface area (Å²) in [5, 5.41) is 3.00. The normalized spacial score (nSPS) is 17.3. The third-order valence-electron chi connectivity index (χ3n) is 2.96. The van der Waals surface area contributed by atoms with Gasteiger partial charge < -0.3 is 9.73 Å². The molecule has 1 aromatic heterocycles. The molecule has 1 fully saturated rings. The minimum absolute atomic E-state index is 0.122. The Labute approximate surface area is 100 Å². The maximum Gasteiger partial charge on any atom is 0.287 e. The highest BCUT2D eigenvalue weighted by Crippen LogP contribution is 2.18. The van der Waals surface area contributed by atoms with Crippen LogP contribution in [-0.2, 0) is 5.88 Å². The van der Waals surface area contributed by atoms with Gasteiger partial charge in [0.25, 0.3) is 5.91 Å². The van der Waals surface area contributed by atoms with Gasteiger partial charge in [0, 0.05) is 6.04 Å². The van der Waals surface area contributed by atoms with E-state index in [4.69, 9.17) is 16.0 Å². The molecule has 88 valence electrons. The third-order valence-corrected chi connectivity index (χ3v) is 3.22. The molecule has 0 bridgehead atoms. The summed E-state index contributed by atoms with van der Waals surface area (Å²) in [5.74, 6) is 1.18. The summed E-state index contributed by atoms with van der Waals surface area (Å²) in [6.07, 6.45) is 5.85. The molecular formula is C12H16ClNO2. The first-order chi connectivity index (χ1) is 7.79. The lowest BCUT2D eigenvalue weighted by molar-refractivity contribution is 0.0898. The van der Waals surface area contributed by atoms with Crippen LogP contribution >= 0.6 is 11.6 Å². The standard InChI is InChI=1S/C12H16ClNO2/c13-8-10-6-7-11(16-10)12(15)14-9-4-2-1-3-5-9/h6-7,9H,1-5,8H2,(H,14,15). The molecule has 1 saturated carbocycles. The molecule has 0 atom stereocenters. The van der Waals surface area contributed by atoms with E-state index in [2.05, 4.69) is 5.32 Å². The second-order valence-corrected chi connectivity index (χ2v) is 4.48. The van der Waals surface area contributed by atoms with Gasteiger partial charge in [0.1, 0.15) is 5.76 Å². The maximum atomic E-state index is 11.8. The summed E-state index contributed by atoms with van der Waals surface area (Å²) in [6.45, 7) is 0. The van der Waals surface area contributed by atoms with Crippen LogP contribution in [0.4, 0.5) is 0 Å². The Morgan fingerprint density at radius 3 is 2.75 bits per heavy atom. The van der Waals surface area contributed by atoms with Gasteiger partial charge in [-0.05, 0) is 25.0 Å². The minimum Gasteiger partial charge on any atom is -0.455 e. The van der Waals surface area contributed by atoms with Crippen LogP contribution in [0.5, 0.6) is 0 Å². The minimum atomic E-state index is -0.122. The molecule has 0 unspecified atom stereocenters. The van der Waals surface area contributed by atoms with E-state index < -0.39 is 0 Å². The number of carbonyl (C=O) groups is 1. The van der Waals surface area contributed by atoms with Crippen LogP contribution in [0.15, 0.2) is 16.5 Å². The van der Waals surface area contributed by atoms with Gasteiger partial charge in [-0.2, -0.15) is 0 Å². The number of nitrogens with one attached hydrogen (secondary N) is 1. The van der Waals surface area contributed by atoms with E-state index >= 15 is 0 Å². The molecule has 2 rings (SSSR count). The summed E-state index contributed by atoms with van der Waals surface area (Å²) >= 11 is 5.61. The lowest BCUT2D eigenvalue weighted by atomic mass is 9.95. The van der Waals surface area contributed by atoms with E-state index in [1.165, 1.54) is 19.3 Å². The van der Waals surface area contributed by atoms with Gasteiger partial charge in [-0.1, -0.05) is 19.3 Å². The molecule has 0 aromatic carbocycles. The van der Waals surface area contributed by atoms with Gasteiger partial charge in [0.2, 0.25) is 0 Å². The van der Waals surface area contributed by atoms with Crippen LogP contribution in [0.3, 0.4) is 0 Å². The van der Waals surface area contributed by atoms with Gasteiger partial charge in [0.15, 0.2) is 5.76 Å². The van der Waals surface area contributed by atoms with E-state index in [9.17, 15) is 4.79 Å². The lowest BCUT2D eigenvalue weighted by Gasteiger charge is -2.22. The summed E-state index contributed by atoms with van der Waals surface area (Å²) in [5.41, 5.74) is 0. The molecule has 0 saturated heterocycles. The molecule has 3 nitrogen and oxygen atoms in total. The number of carbonyl (C=O) groups excluding carboxylic acids is 1. The number of alkyl halides is 1. The highest BCUT2D eigenvalue weighted by Gasteiger charge is 2.18. The van der Waals surface area contributed by atoms with Crippen molar-refractivity contribution in [2.45, 2.75) is 44.0 Å². The van der Waals surface area contributed by atoms with Gasteiger partial charge in [-0.25, -0.2) is 0 Å². The first-order valence-corrected chi connectivity index (χ1v) is 6.28. The third kappa shape index (κ3) is 2.79. The topological polar surface area (TPSA) is 42.2 Å². The van der Waals surface area contributed by atoms with E-state index in [-0.39, 0.29) is 5.91 Å². The Hall–Kier alpha value is -0.960. The molecule has 1 amide bonds. The fraction of sp³-hybridized carbons (Fsp3) is 0.583. The van der Waals surface area contributed by atoms with Crippen molar-refractivity contribution in [3.05, 3.63) is 23.7 Å². The first-order valence-electron chi connectivity index (χ1n) is 5.75. The summed E-state index contributed by atoms with van der Waals surface area (Å²) in [7, 11) is 0. The Bertz CT molecular complexity index is 356. The van der Waals surface area contributed by atoms with Crippen molar-refractivity contribution in [2.75, 3.05) is 0 Å². The number of rotatable bonds is 3. The number of halogens is 1. The molecule has 4 heteroatoms. The molecule has 16 heavy (non-hydrogen) atoms. The van der Waals surface area contributed by atoms with Crippen molar-refractivity contribution in [2.24, 2.45) is 0 Å². The van der Waals surface area contributed by atoms with Crippen LogP contribution in [-0.4, -0.2) is 11.9 Å². The average Bonchev–Trinajstić information content (AvgIpc) is 2.79. The average molecular weight is 242 g/mol. The molecule has 1 heterocycles. The predicted molar refractivity (Wildman–Crippen MR) is 62.6 cm³/mol. The highest BCUT2D eigenvalue weighted by atomic mass is 35.5. The van der Waals surface area contributed by atoms with E-state index in [0.29, 0.717) is 23.4 Å². The molecule has 1 aliphatic rings. The SMILES string of the molecule is O=C(NC1CCCCC1)c1ccc(CCl)o1. The molecule has 0 aliphatic heterocycles. The smallest absolute Gasteiger partial charge is 0.287 e. The van der Waals surface area contributed by atoms with Crippen LogP contribution in [0.25, 0.3) is 0 Å². The zero-order valence-corrected chi connectivity index (χ0v) is 9.93. The monoisotopic (exact) mass is 241 g/mol. The molecule has 0 spiro atoms. The molecule has 1 aromatic rings. The van der Waals surface area contributed by atoms with Crippen molar-refractivity contribution in [1.82, 2.24) is 5.32 Å². The highest BCUT2D eigenvalue weighted by molar-refractivity contribution is 6.16. The Morgan fingerprint density at radius 1 is 1.38 bits per heavy atom. The van der Waals surface area contributed by atoms with Crippen molar-refractivity contribution < 1.29 is 9.21 Å². The zero-order chi connectivity index (χ0) is 11.4. The second kappa shape index (κ2) is 5.39. The first kappa shape index (κ1) is 11.5. The fourth-order valence-electron chi connectivity index (χ4n) is 2.08. The zero-order valence-electron chi connectivity index (χ0n) is 9.17. The van der Waals surface area contributed by atoms with Gasteiger partial charge in [-0.3, -0.25) is 4.79 Å². The van der Waals surface area contributed by atoms with E-state index in [1.54, 1.807) is 12.1 Å². The van der Waals surface area contributed by atoms with Gasteiger partial charge >= 0.3 is 0 Å². The summed E-state index contributed by atoms with van der Waals surface area (Å²) in [4.78, 5) is 11.8. The van der Waals surface area contributed by atoms with Crippen molar-refractivity contribution in [3.63, 3.8) is 0 Å². The molecule has 1 aliphatic carbocycles. The fourth-order valence-corrected chi connectivity index (χ4v) is 2.22. The number of hydrogen-bond donors (Lipinski definition) is 1. The molecule has 0 radical (unpaired) electrons. The van der Waals surface area contributed by atoms with E-state index in [0.717, 1.165) is 12.8 Å². The Kier molecular flexibility index (Phi) is 3.88. The maximum absolute atomic E-state index is 11.8. The summed E-state index contributed by atoms with van der Waals surface area (Å²) in [6, 6.07) is 3.73. The lowest BCUT2D eigenvalue weighted by Crippen LogP contribution is -2.35. The second-order valence-electron chi connectivity index (χ2n) is 4.21. The Balaban J connectivity index is 1.91. The van der Waals surface area contributed by atoms with Crippen LogP contribution in [0, 0.1) is 0 Å². The number of furan rings is 1. The predicted octanol–water partition coefficient (Wildman–Crippen LogP) is 3.08. The van der Waals surface area contributed by atoms with Crippen molar-refractivity contribution >= 4 is 17.5 Å². The van der Waals surface area contributed by atoms with Crippen LogP contribution in [0.1, 0.15) is 48.4 Å². The molecule has 1 N–H and O–H groups in total. The van der Waals surface area contributed by atoms with E-state index in [1.807, 2.05) is 0 Å². The molecular weight excluding hydrogens is 226 g/mol. The number of amides is 1. The number of hydrogen-bond acceptors (Lipinski definition) is 2. The Morgan fingerprint density at radius 2 is 2.12 bits per heavy atom. The quantitative estimate of drug-likeness (QED) is 0.827. The van der Waals surface area contributed by atoms with Crippen LogP contribution < -0.4 is 5.32 Å².